The number of alkyl halides is 2. The number of benzene rings is 2. The molecule has 4 aliphatic rings. The van der Waals surface area contributed by atoms with E-state index in [1.807, 2.05) is 0 Å². The monoisotopic (exact) mass is 724 g/mol. The van der Waals surface area contributed by atoms with Gasteiger partial charge in [-0.15, -0.1) is 23.2 Å². The van der Waals surface area contributed by atoms with Crippen molar-refractivity contribution in [3.63, 3.8) is 0 Å². The second-order valence-corrected chi connectivity index (χ2v) is 13.3. The molecule has 1 aromatic heterocycles. The molecule has 17 heteroatoms. The van der Waals surface area contributed by atoms with Gasteiger partial charge in [-0.3, -0.25) is 24.1 Å². The molecule has 49 heavy (non-hydrogen) atoms. The first-order valence-corrected chi connectivity index (χ1v) is 15.2. The van der Waals surface area contributed by atoms with Crippen molar-refractivity contribution in [2.75, 3.05) is 9.80 Å². The van der Waals surface area contributed by atoms with Gasteiger partial charge in [-0.2, -0.15) is 0 Å². The van der Waals surface area contributed by atoms with Gasteiger partial charge in [-0.05, 0) is 49.1 Å². The normalized spacial score (nSPS) is 29.3. The maximum Gasteiger partial charge on any atom is 0.335 e. The molecule has 3 fully saturated rings. The van der Waals surface area contributed by atoms with E-state index in [0.717, 1.165) is 11.0 Å². The van der Waals surface area contributed by atoms with Gasteiger partial charge in [0.1, 0.15) is 23.8 Å². The number of aliphatic hydroxyl groups is 1. The third kappa shape index (κ3) is 4.18. The van der Waals surface area contributed by atoms with Crippen LogP contribution in [0.3, 0.4) is 0 Å². The number of anilines is 2. The predicted molar refractivity (Wildman–Crippen MR) is 157 cm³/mol. The van der Waals surface area contributed by atoms with E-state index in [4.69, 9.17) is 27.6 Å². The molecule has 2 aliphatic carbocycles. The van der Waals surface area contributed by atoms with E-state index in [1.54, 1.807) is 0 Å². The number of carboxylic acid groups (broad SMARTS) is 1. The second-order valence-electron chi connectivity index (χ2n) is 12.0. The fraction of sp³-hybridized carbons (Fsp3) is 0.281. The van der Waals surface area contributed by atoms with Gasteiger partial charge in [0.15, 0.2) is 33.0 Å². The Hall–Kier alpha value is -4.60. The molecular formula is C32H19Cl2F5N2O8. The summed E-state index contributed by atoms with van der Waals surface area (Å²) < 4.78 is 78.6. The lowest BCUT2D eigenvalue weighted by molar-refractivity contribution is -0.125. The standard InChI is InChI=1S/C32H19Cl2F5N2O8/c33-31-9-16-14(5-6-15-18(16)27(44)40(26(15)43)12-3-1-2-11(8-12)28(45)46)19(17-7-4-13(10-42)49-17)32(31,34)30(48)41(29(31)47)25-23(38)21(36)20(35)22(37)24(25)39/h1-5,7-8,15-16,18-19,42H,6,9-10H2,(H,45,46)/t15-,16+,18-,19+,31+,32-/m0/s1. The molecule has 4 amide bonds. The summed E-state index contributed by atoms with van der Waals surface area (Å²) in [4.78, 5) is 62.7. The predicted octanol–water partition coefficient (Wildman–Crippen LogP) is 4.93. The maximum atomic E-state index is 15.1. The van der Waals surface area contributed by atoms with Crippen LogP contribution in [0.5, 0.6) is 0 Å². The largest absolute Gasteiger partial charge is 0.478 e. The van der Waals surface area contributed by atoms with E-state index in [1.165, 1.54) is 36.4 Å². The van der Waals surface area contributed by atoms with Crippen LogP contribution in [-0.2, 0) is 25.8 Å². The van der Waals surface area contributed by atoms with Crippen LogP contribution in [0, 0.1) is 46.8 Å². The highest BCUT2D eigenvalue weighted by molar-refractivity contribution is 6.58. The summed E-state index contributed by atoms with van der Waals surface area (Å²) in [5.41, 5.74) is -2.05. The molecule has 3 aromatic rings. The lowest BCUT2D eigenvalue weighted by Crippen LogP contribution is -2.60. The SMILES string of the molecule is O=C(O)c1cccc(N2C(=O)[C@H]3[C@H](CC=C4[C@H]3C[C@@]3(Cl)C(=O)N(c5c(F)c(F)c(F)c(F)c5F)C(=O)[C@@]3(Cl)[C@H]4c3ccc(CO)o3)C2=O)c1. The van der Waals surface area contributed by atoms with Gasteiger partial charge < -0.3 is 14.6 Å². The van der Waals surface area contributed by atoms with Crippen molar-refractivity contribution < 1.29 is 60.6 Å². The molecule has 254 valence electrons. The van der Waals surface area contributed by atoms with E-state index < -0.39 is 111 Å². The van der Waals surface area contributed by atoms with Crippen LogP contribution in [0.15, 0.2) is 52.5 Å². The molecule has 0 radical (unpaired) electrons. The Morgan fingerprint density at radius 3 is 2.14 bits per heavy atom. The molecule has 2 aliphatic heterocycles. The molecule has 1 saturated carbocycles. The molecule has 6 atom stereocenters. The van der Waals surface area contributed by atoms with E-state index in [0.29, 0.717) is 0 Å². The minimum Gasteiger partial charge on any atom is -0.478 e. The fourth-order valence-electron chi connectivity index (χ4n) is 7.55. The highest BCUT2D eigenvalue weighted by Crippen LogP contribution is 2.66. The van der Waals surface area contributed by atoms with Crippen molar-refractivity contribution in [1.82, 2.24) is 0 Å². The molecule has 0 spiro atoms. The number of hydrogen-bond donors (Lipinski definition) is 2. The molecule has 3 heterocycles. The van der Waals surface area contributed by atoms with Crippen molar-refractivity contribution in [2.45, 2.75) is 35.1 Å². The van der Waals surface area contributed by atoms with E-state index >= 15 is 8.78 Å². The number of aromatic carboxylic acids is 1. The summed E-state index contributed by atoms with van der Waals surface area (Å²) in [5.74, 6) is -24.1. The molecule has 2 aromatic carbocycles. The van der Waals surface area contributed by atoms with Crippen molar-refractivity contribution >= 4 is 64.2 Å². The Labute approximate surface area is 281 Å². The number of allylic oxidation sites excluding steroid dienone is 2. The Morgan fingerprint density at radius 2 is 1.53 bits per heavy atom. The summed E-state index contributed by atoms with van der Waals surface area (Å²) in [7, 11) is 0. The van der Waals surface area contributed by atoms with Gasteiger partial charge in [0.25, 0.3) is 11.8 Å². The number of halogens is 7. The lowest BCUT2D eigenvalue weighted by Gasteiger charge is -2.49. The van der Waals surface area contributed by atoms with Gasteiger partial charge in [-0.1, -0.05) is 17.7 Å². The van der Waals surface area contributed by atoms with E-state index in [-0.39, 0.29) is 39.7 Å². The Morgan fingerprint density at radius 1 is 0.878 bits per heavy atom. The van der Waals surface area contributed by atoms with Gasteiger partial charge in [0.05, 0.1) is 29.0 Å². The highest BCUT2D eigenvalue weighted by atomic mass is 35.5. The number of carbonyl (C=O) groups excluding carboxylic acids is 4. The van der Waals surface area contributed by atoms with Crippen LogP contribution in [0.25, 0.3) is 0 Å². The number of aliphatic hydroxyl groups excluding tert-OH is 1. The summed E-state index contributed by atoms with van der Waals surface area (Å²) >= 11 is 14.0. The van der Waals surface area contributed by atoms with Crippen molar-refractivity contribution in [2.24, 2.45) is 17.8 Å². The van der Waals surface area contributed by atoms with Crippen molar-refractivity contribution in [3.05, 3.63) is 94.2 Å². The summed E-state index contributed by atoms with van der Waals surface area (Å²) in [5, 5.41) is 19.1. The number of amides is 4. The molecule has 0 bridgehead atoms. The van der Waals surface area contributed by atoms with Crippen LogP contribution in [-0.4, -0.2) is 49.6 Å². The third-order valence-electron chi connectivity index (χ3n) is 9.70. The van der Waals surface area contributed by atoms with Crippen molar-refractivity contribution in [1.29, 1.82) is 0 Å². The lowest BCUT2D eigenvalue weighted by atomic mass is 9.57. The molecule has 2 N–H and O–H groups in total. The van der Waals surface area contributed by atoms with Crippen LogP contribution >= 0.6 is 23.2 Å². The summed E-state index contributed by atoms with van der Waals surface area (Å²) in [6.07, 6.45) is 0.610. The number of furan rings is 1. The number of hydrogen-bond acceptors (Lipinski definition) is 7. The smallest absolute Gasteiger partial charge is 0.335 e. The quantitative estimate of drug-likeness (QED) is 0.0941. The van der Waals surface area contributed by atoms with Gasteiger partial charge in [0.2, 0.25) is 17.6 Å². The fourth-order valence-corrected chi connectivity index (χ4v) is 8.46. The average molecular weight is 725 g/mol. The molecule has 2 saturated heterocycles. The number of fused-ring (bicyclic) bond motifs is 4. The number of imide groups is 2. The van der Waals surface area contributed by atoms with Gasteiger partial charge in [0, 0.05) is 0 Å². The first-order valence-electron chi connectivity index (χ1n) is 14.5. The van der Waals surface area contributed by atoms with Crippen LogP contribution in [0.4, 0.5) is 33.3 Å². The second kappa shape index (κ2) is 11.0. The van der Waals surface area contributed by atoms with Gasteiger partial charge >= 0.3 is 5.97 Å². The third-order valence-corrected chi connectivity index (χ3v) is 11.1. The average Bonchev–Trinajstić information content (AvgIpc) is 3.69. The van der Waals surface area contributed by atoms with Gasteiger partial charge in [-0.25, -0.2) is 31.6 Å². The van der Waals surface area contributed by atoms with E-state index in [9.17, 15) is 47.4 Å². The highest BCUT2D eigenvalue weighted by Gasteiger charge is 2.77. The minimum absolute atomic E-state index is 0.0585. The topological polar surface area (TPSA) is 145 Å². The number of carbonyl (C=O) groups is 5. The maximum absolute atomic E-state index is 15.1. The minimum atomic E-state index is -2.77. The molecular weight excluding hydrogens is 706 g/mol. The van der Waals surface area contributed by atoms with E-state index in [2.05, 4.69) is 0 Å². The molecule has 10 nitrogen and oxygen atoms in total. The zero-order valence-electron chi connectivity index (χ0n) is 24.4. The van der Waals surface area contributed by atoms with Crippen molar-refractivity contribution in [3.8, 4) is 0 Å². The Bertz CT molecular complexity index is 2060. The number of carboxylic acids is 1. The summed E-state index contributed by atoms with van der Waals surface area (Å²) in [6.45, 7) is -0.651. The Balaban J connectivity index is 1.40. The zero-order chi connectivity index (χ0) is 35.5. The first-order chi connectivity index (χ1) is 23.1. The molecule has 0 unspecified atom stereocenters. The zero-order valence-corrected chi connectivity index (χ0v) is 25.9. The number of rotatable bonds is 5. The first kappa shape index (κ1) is 32.9. The summed E-state index contributed by atoms with van der Waals surface area (Å²) in [6, 6.07) is 7.56. The number of nitrogens with zero attached hydrogens (tertiary/aromatic N) is 2. The van der Waals surface area contributed by atoms with Crippen LogP contribution in [0.2, 0.25) is 0 Å². The van der Waals surface area contributed by atoms with Crippen LogP contribution < -0.4 is 9.80 Å². The Kier molecular flexibility index (Phi) is 7.36. The van der Waals surface area contributed by atoms with Crippen LogP contribution in [0.1, 0.15) is 40.6 Å². The molecule has 7 rings (SSSR count).